The third-order valence-electron chi connectivity index (χ3n) is 3.68. The number of anilines is 2. The number of nitro groups is 1. The summed E-state index contributed by atoms with van der Waals surface area (Å²) in [4.78, 5) is 13.4. The summed E-state index contributed by atoms with van der Waals surface area (Å²) in [5.74, 6) is 0. The Morgan fingerprint density at radius 2 is 2.27 bits per heavy atom. The second kappa shape index (κ2) is 5.48. The lowest BCUT2D eigenvalue weighted by Crippen LogP contribution is -2.29. The van der Waals surface area contributed by atoms with E-state index in [-0.39, 0.29) is 5.69 Å². The summed E-state index contributed by atoms with van der Waals surface area (Å²) >= 11 is 7.59. The molecule has 0 radical (unpaired) electrons. The monoisotopic (exact) mass is 334 g/mol. The minimum absolute atomic E-state index is 0.0291. The largest absolute Gasteiger partial charge is 0.389 e. The first-order valence-corrected chi connectivity index (χ1v) is 7.69. The Balaban J connectivity index is 1.92. The summed E-state index contributed by atoms with van der Waals surface area (Å²) in [6.45, 7) is 1.29. The predicted molar refractivity (Wildman–Crippen MR) is 86.3 cm³/mol. The summed E-state index contributed by atoms with van der Waals surface area (Å²) in [7, 11) is 0. The van der Waals surface area contributed by atoms with Crippen molar-refractivity contribution in [3.63, 3.8) is 0 Å². The Bertz CT molecular complexity index is 812. The molecule has 2 heterocycles. The quantitative estimate of drug-likeness (QED) is 0.671. The van der Waals surface area contributed by atoms with Crippen LogP contribution in [0.25, 0.3) is 0 Å². The first-order chi connectivity index (χ1) is 10.5. The minimum atomic E-state index is -0.469. The highest BCUT2D eigenvalue weighted by atomic mass is 35.5. The zero-order valence-corrected chi connectivity index (χ0v) is 12.9. The normalized spacial score (nSPS) is 13.5. The smallest absolute Gasteiger partial charge is 0.271 e. The number of rotatable bonds is 2. The number of hydrogen-bond donors (Lipinski definition) is 1. The van der Waals surface area contributed by atoms with Crippen LogP contribution in [-0.4, -0.2) is 11.5 Å². The van der Waals surface area contributed by atoms with Gasteiger partial charge in [-0.1, -0.05) is 11.6 Å². The molecular weight excluding hydrogens is 324 g/mol. The Morgan fingerprint density at radius 1 is 1.50 bits per heavy atom. The number of fused-ring (bicyclic) bond motifs is 1. The molecule has 0 bridgehead atoms. The van der Waals surface area contributed by atoms with Gasteiger partial charge < -0.3 is 10.6 Å². The van der Waals surface area contributed by atoms with Gasteiger partial charge in [0.25, 0.3) is 5.69 Å². The lowest BCUT2D eigenvalue weighted by Gasteiger charge is -2.29. The summed E-state index contributed by atoms with van der Waals surface area (Å²) in [5.41, 5.74) is 8.19. The van der Waals surface area contributed by atoms with Gasteiger partial charge >= 0.3 is 0 Å². The molecule has 1 aromatic heterocycles. The van der Waals surface area contributed by atoms with Crippen LogP contribution in [0.2, 0.25) is 5.02 Å². The fraction of sp³-hybridized carbons (Fsp3) is 0.214. The van der Waals surface area contributed by atoms with Gasteiger partial charge in [-0.25, -0.2) is 0 Å². The van der Waals surface area contributed by atoms with E-state index in [0.29, 0.717) is 35.1 Å². The molecule has 0 spiro atoms. The zero-order chi connectivity index (χ0) is 15.9. The molecule has 0 saturated carbocycles. The molecule has 0 amide bonds. The van der Waals surface area contributed by atoms with Crippen LogP contribution in [0.15, 0.2) is 18.2 Å². The van der Waals surface area contributed by atoms with Gasteiger partial charge in [0.2, 0.25) is 0 Å². The van der Waals surface area contributed by atoms with E-state index in [9.17, 15) is 10.1 Å². The summed E-state index contributed by atoms with van der Waals surface area (Å²) in [6, 6.07) is 6.62. The van der Waals surface area contributed by atoms with Crippen molar-refractivity contribution in [1.29, 1.82) is 5.26 Å². The number of thiophene rings is 1. The molecule has 3 rings (SSSR count). The predicted octanol–water partition coefficient (Wildman–Crippen LogP) is 3.33. The highest BCUT2D eigenvalue weighted by molar-refractivity contribution is 7.16. The number of nitrogens with zero attached hydrogens (tertiary/aromatic N) is 3. The maximum Gasteiger partial charge on any atom is 0.271 e. The van der Waals surface area contributed by atoms with Crippen LogP contribution in [0.1, 0.15) is 16.0 Å². The van der Waals surface area contributed by atoms with Gasteiger partial charge in [0, 0.05) is 23.6 Å². The highest BCUT2D eigenvalue weighted by Gasteiger charge is 2.25. The van der Waals surface area contributed by atoms with E-state index in [0.717, 1.165) is 16.1 Å². The number of benzene rings is 1. The van der Waals surface area contributed by atoms with E-state index in [4.69, 9.17) is 22.6 Å². The number of nitriles is 1. The van der Waals surface area contributed by atoms with Crippen molar-refractivity contribution in [2.45, 2.75) is 13.0 Å². The topological polar surface area (TPSA) is 96.2 Å². The second-order valence-corrected chi connectivity index (χ2v) is 6.46. The Kier molecular flexibility index (Phi) is 3.64. The van der Waals surface area contributed by atoms with E-state index >= 15 is 0 Å². The van der Waals surface area contributed by atoms with Crippen molar-refractivity contribution >= 4 is 39.3 Å². The number of halogens is 1. The van der Waals surface area contributed by atoms with Crippen LogP contribution in [0.4, 0.5) is 16.4 Å². The minimum Gasteiger partial charge on any atom is -0.389 e. The van der Waals surface area contributed by atoms with E-state index in [2.05, 4.69) is 6.07 Å². The average Bonchev–Trinajstić information content (AvgIpc) is 2.81. The SMILES string of the molecule is N#Cc1c(N)sc2c1CCN(c1ccc([N+](=O)[O-])cc1Cl)C2. The first-order valence-electron chi connectivity index (χ1n) is 6.50. The van der Waals surface area contributed by atoms with Crippen molar-refractivity contribution < 1.29 is 4.92 Å². The standard InChI is InChI=1S/C14H11ClN4O2S/c15-11-5-8(19(20)21)1-2-12(11)18-4-3-9-10(6-16)14(17)22-13(9)7-18/h1-2,5H,3-4,7,17H2. The molecule has 1 aliphatic rings. The van der Waals surface area contributed by atoms with Crippen LogP contribution >= 0.6 is 22.9 Å². The highest BCUT2D eigenvalue weighted by Crippen LogP contribution is 2.38. The fourth-order valence-corrected chi connectivity index (χ4v) is 4.00. The number of nitrogens with two attached hydrogens (primary N) is 1. The Hall–Kier alpha value is -2.30. The van der Waals surface area contributed by atoms with Crippen LogP contribution in [0.3, 0.4) is 0 Å². The summed E-state index contributed by atoms with van der Waals surface area (Å²) in [6.07, 6.45) is 0.708. The van der Waals surface area contributed by atoms with Crippen molar-refractivity contribution in [2.24, 2.45) is 0 Å². The van der Waals surface area contributed by atoms with E-state index in [1.165, 1.54) is 23.5 Å². The molecule has 1 aromatic carbocycles. The van der Waals surface area contributed by atoms with Gasteiger partial charge in [0.15, 0.2) is 0 Å². The third kappa shape index (κ3) is 2.36. The van der Waals surface area contributed by atoms with Gasteiger partial charge in [-0.2, -0.15) is 5.26 Å². The lowest BCUT2D eigenvalue weighted by atomic mass is 10.0. The molecule has 0 atom stereocenters. The molecule has 1 aliphatic heterocycles. The summed E-state index contributed by atoms with van der Waals surface area (Å²) < 4.78 is 0. The molecule has 112 valence electrons. The summed E-state index contributed by atoms with van der Waals surface area (Å²) in [5, 5.41) is 20.8. The van der Waals surface area contributed by atoms with Gasteiger partial charge in [-0.05, 0) is 18.1 Å². The van der Waals surface area contributed by atoms with E-state index in [1.54, 1.807) is 6.07 Å². The second-order valence-electron chi connectivity index (χ2n) is 4.92. The molecule has 6 nitrogen and oxygen atoms in total. The maximum atomic E-state index is 10.8. The van der Waals surface area contributed by atoms with Crippen LogP contribution in [-0.2, 0) is 13.0 Å². The third-order valence-corrected chi connectivity index (χ3v) is 5.03. The van der Waals surface area contributed by atoms with Gasteiger partial charge in [-0.15, -0.1) is 11.3 Å². The molecule has 0 aliphatic carbocycles. The number of nitro benzene ring substituents is 1. The molecular formula is C14H11ClN4O2S. The van der Waals surface area contributed by atoms with Gasteiger partial charge in [0.05, 0.1) is 27.7 Å². The van der Waals surface area contributed by atoms with Crippen LogP contribution < -0.4 is 10.6 Å². The number of hydrogen-bond acceptors (Lipinski definition) is 6. The van der Waals surface area contributed by atoms with Crippen LogP contribution in [0.5, 0.6) is 0 Å². The lowest BCUT2D eigenvalue weighted by molar-refractivity contribution is -0.384. The molecule has 0 fully saturated rings. The van der Waals surface area contributed by atoms with Crippen molar-refractivity contribution in [2.75, 3.05) is 17.2 Å². The van der Waals surface area contributed by atoms with Crippen LogP contribution in [0, 0.1) is 21.4 Å². The molecule has 22 heavy (non-hydrogen) atoms. The molecule has 2 aromatic rings. The van der Waals surface area contributed by atoms with E-state index < -0.39 is 4.92 Å². The van der Waals surface area contributed by atoms with Gasteiger partial charge in [-0.3, -0.25) is 10.1 Å². The Labute approximate surface area is 135 Å². The Morgan fingerprint density at radius 3 is 2.91 bits per heavy atom. The first kappa shape index (κ1) is 14.6. The fourth-order valence-electron chi connectivity index (χ4n) is 2.62. The number of nitrogen functional groups attached to an aromatic ring is 1. The average molecular weight is 335 g/mol. The van der Waals surface area contributed by atoms with Gasteiger partial charge in [0.1, 0.15) is 11.1 Å². The number of non-ortho nitro benzene ring substituents is 1. The maximum absolute atomic E-state index is 10.8. The van der Waals surface area contributed by atoms with Crippen molar-refractivity contribution in [3.05, 3.63) is 49.3 Å². The van der Waals surface area contributed by atoms with Crippen molar-refractivity contribution in [1.82, 2.24) is 0 Å². The molecule has 8 heteroatoms. The zero-order valence-electron chi connectivity index (χ0n) is 11.4. The molecule has 0 saturated heterocycles. The molecule has 2 N–H and O–H groups in total. The molecule has 0 unspecified atom stereocenters. The van der Waals surface area contributed by atoms with Crippen molar-refractivity contribution in [3.8, 4) is 6.07 Å². The van der Waals surface area contributed by atoms with E-state index in [1.807, 2.05) is 4.90 Å².